The van der Waals surface area contributed by atoms with Crippen LogP contribution in [0.15, 0.2) is 76.5 Å². The van der Waals surface area contributed by atoms with Gasteiger partial charge >= 0.3 is 11.9 Å². The summed E-state index contributed by atoms with van der Waals surface area (Å²) in [7, 11) is 4.27. The summed E-state index contributed by atoms with van der Waals surface area (Å²) in [5.41, 5.74) is 4.98. The molecule has 1 aromatic heterocycles. The Morgan fingerprint density at radius 2 is 1.53 bits per heavy atom. The molecular weight excluding hydrogens is 478 g/mol. The molecule has 0 spiro atoms. The summed E-state index contributed by atoms with van der Waals surface area (Å²) >= 11 is 1.44. The highest BCUT2D eigenvalue weighted by atomic mass is 32.1. The van der Waals surface area contributed by atoms with E-state index in [2.05, 4.69) is 10.6 Å². The van der Waals surface area contributed by atoms with E-state index < -0.39 is 17.9 Å². The molecule has 0 amide bonds. The molecule has 2 heterocycles. The highest BCUT2D eigenvalue weighted by molar-refractivity contribution is 7.14. The Morgan fingerprint density at radius 1 is 0.917 bits per heavy atom. The van der Waals surface area contributed by atoms with E-state index in [0.29, 0.717) is 38.9 Å². The van der Waals surface area contributed by atoms with Crippen LogP contribution in [0.25, 0.3) is 11.3 Å². The quantitative estimate of drug-likeness (QED) is 0.426. The van der Waals surface area contributed by atoms with Crippen LogP contribution in [0.4, 0.5) is 10.8 Å². The van der Waals surface area contributed by atoms with Gasteiger partial charge in [-0.3, -0.25) is 0 Å². The Hall–Kier alpha value is -4.11. The van der Waals surface area contributed by atoms with Gasteiger partial charge in [0.05, 0.1) is 44.1 Å². The van der Waals surface area contributed by atoms with Gasteiger partial charge in [0.15, 0.2) is 5.13 Å². The first-order chi connectivity index (χ1) is 17.4. The predicted molar refractivity (Wildman–Crippen MR) is 139 cm³/mol. The van der Waals surface area contributed by atoms with Crippen LogP contribution >= 0.6 is 11.3 Å². The van der Waals surface area contributed by atoms with Crippen LogP contribution in [0.2, 0.25) is 0 Å². The standard InChI is InChI=1S/C27H27N3O5S/c1-15-22(25(31)34-4)24(23(16(2)28-15)26(32)35-5)18-11-6-8-12-19(18)29-27-30-20(14-36-27)17-10-7-9-13-21(17)33-3/h6-14,24,28H,1-5H3,(H,29,30). The fraction of sp³-hybridized carbons (Fsp3) is 0.222. The minimum atomic E-state index is -0.705. The van der Waals surface area contributed by atoms with Gasteiger partial charge in [0.25, 0.3) is 0 Å². The van der Waals surface area contributed by atoms with Crippen LogP contribution in [0, 0.1) is 0 Å². The first-order valence-electron chi connectivity index (χ1n) is 11.2. The largest absolute Gasteiger partial charge is 0.496 e. The van der Waals surface area contributed by atoms with Gasteiger partial charge in [0, 0.05) is 28.0 Å². The SMILES string of the molecule is COC(=O)C1=C(C)NC(C)=C(C(=O)OC)C1c1ccccc1Nc1nc(-c2ccccc2OC)cs1. The Morgan fingerprint density at radius 3 is 2.17 bits per heavy atom. The number of hydrogen-bond donors (Lipinski definition) is 2. The van der Waals surface area contributed by atoms with Gasteiger partial charge in [-0.25, -0.2) is 14.6 Å². The van der Waals surface area contributed by atoms with E-state index in [1.165, 1.54) is 25.6 Å². The van der Waals surface area contributed by atoms with Gasteiger partial charge < -0.3 is 24.8 Å². The number of thiazole rings is 1. The molecule has 0 unspecified atom stereocenters. The predicted octanol–water partition coefficient (Wildman–Crippen LogP) is 5.14. The average molecular weight is 506 g/mol. The minimum absolute atomic E-state index is 0.339. The fourth-order valence-electron chi connectivity index (χ4n) is 4.35. The summed E-state index contributed by atoms with van der Waals surface area (Å²) < 4.78 is 15.7. The van der Waals surface area contributed by atoms with Gasteiger partial charge in [-0.2, -0.15) is 0 Å². The second kappa shape index (κ2) is 10.7. The Kier molecular flexibility index (Phi) is 7.40. The van der Waals surface area contributed by atoms with Crippen molar-refractivity contribution in [2.75, 3.05) is 26.6 Å². The number of carbonyl (C=O) groups is 2. The molecule has 36 heavy (non-hydrogen) atoms. The molecule has 0 aliphatic carbocycles. The minimum Gasteiger partial charge on any atom is -0.496 e. The first-order valence-corrected chi connectivity index (χ1v) is 12.1. The Labute approximate surface area is 213 Å². The molecular formula is C27H27N3O5S. The van der Waals surface area contributed by atoms with E-state index in [1.54, 1.807) is 21.0 Å². The van der Waals surface area contributed by atoms with Crippen molar-refractivity contribution in [1.29, 1.82) is 0 Å². The second-order valence-electron chi connectivity index (χ2n) is 8.07. The van der Waals surface area contributed by atoms with Gasteiger partial charge in [0.2, 0.25) is 0 Å². The van der Waals surface area contributed by atoms with Gasteiger partial charge in [-0.15, -0.1) is 11.3 Å². The van der Waals surface area contributed by atoms with Crippen molar-refractivity contribution < 1.29 is 23.8 Å². The number of allylic oxidation sites excluding steroid dienone is 2. The van der Waals surface area contributed by atoms with E-state index >= 15 is 0 Å². The van der Waals surface area contributed by atoms with Crippen molar-refractivity contribution in [3.63, 3.8) is 0 Å². The van der Waals surface area contributed by atoms with Crippen LogP contribution in [0.1, 0.15) is 25.3 Å². The van der Waals surface area contributed by atoms with Crippen molar-refractivity contribution in [3.8, 4) is 17.0 Å². The van der Waals surface area contributed by atoms with Crippen LogP contribution in [-0.4, -0.2) is 38.3 Å². The number of nitrogens with one attached hydrogen (secondary N) is 2. The highest BCUT2D eigenvalue weighted by Crippen LogP contribution is 2.43. The Bertz CT molecular complexity index is 1340. The normalized spacial score (nSPS) is 13.8. The van der Waals surface area contributed by atoms with Gasteiger partial charge in [-0.1, -0.05) is 30.3 Å². The maximum absolute atomic E-state index is 12.9. The summed E-state index contributed by atoms with van der Waals surface area (Å²) in [4.78, 5) is 30.5. The van der Waals surface area contributed by atoms with Crippen molar-refractivity contribution in [2.45, 2.75) is 19.8 Å². The molecule has 0 saturated carbocycles. The van der Waals surface area contributed by atoms with Crippen molar-refractivity contribution >= 4 is 34.1 Å². The maximum Gasteiger partial charge on any atom is 0.336 e. The lowest BCUT2D eigenvalue weighted by molar-refractivity contribution is -0.137. The summed E-state index contributed by atoms with van der Waals surface area (Å²) in [6.45, 7) is 3.57. The highest BCUT2D eigenvalue weighted by Gasteiger charge is 2.38. The lowest BCUT2D eigenvalue weighted by atomic mass is 9.79. The number of rotatable bonds is 7. The van der Waals surface area contributed by atoms with Crippen molar-refractivity contribution in [1.82, 2.24) is 10.3 Å². The number of carbonyl (C=O) groups excluding carboxylic acids is 2. The number of hydrogen-bond acceptors (Lipinski definition) is 9. The molecule has 8 nitrogen and oxygen atoms in total. The number of ether oxygens (including phenoxy) is 3. The maximum atomic E-state index is 12.9. The van der Waals surface area contributed by atoms with E-state index in [-0.39, 0.29) is 0 Å². The van der Waals surface area contributed by atoms with E-state index in [1.807, 2.05) is 53.9 Å². The first kappa shape index (κ1) is 25.0. The molecule has 2 N–H and O–H groups in total. The van der Waals surface area contributed by atoms with Crippen LogP contribution < -0.4 is 15.4 Å². The molecule has 0 bridgehead atoms. The van der Waals surface area contributed by atoms with E-state index in [4.69, 9.17) is 19.2 Å². The summed E-state index contributed by atoms with van der Waals surface area (Å²) in [5.74, 6) is -1.03. The second-order valence-corrected chi connectivity index (χ2v) is 8.93. The smallest absolute Gasteiger partial charge is 0.336 e. The average Bonchev–Trinajstić information content (AvgIpc) is 3.36. The third-order valence-electron chi connectivity index (χ3n) is 5.97. The number of aromatic nitrogens is 1. The number of nitrogens with zero attached hydrogens (tertiary/aromatic N) is 1. The van der Waals surface area contributed by atoms with Crippen LogP contribution in [0.5, 0.6) is 5.75 Å². The molecule has 9 heteroatoms. The zero-order chi connectivity index (χ0) is 25.8. The Balaban J connectivity index is 1.78. The number of dihydropyridines is 1. The summed E-state index contributed by atoms with van der Waals surface area (Å²) in [6, 6.07) is 15.2. The molecule has 0 radical (unpaired) electrons. The number of esters is 2. The number of methoxy groups -OCH3 is 3. The van der Waals surface area contributed by atoms with Gasteiger partial charge in [-0.05, 0) is 37.6 Å². The molecule has 1 aliphatic heterocycles. The molecule has 186 valence electrons. The zero-order valence-electron chi connectivity index (χ0n) is 20.7. The lowest BCUT2D eigenvalue weighted by Gasteiger charge is -2.31. The number of benzene rings is 2. The molecule has 0 fully saturated rings. The van der Waals surface area contributed by atoms with Gasteiger partial charge in [0.1, 0.15) is 5.75 Å². The molecule has 3 aromatic rings. The third kappa shape index (κ3) is 4.70. The number of para-hydroxylation sites is 2. The van der Waals surface area contributed by atoms with Crippen molar-refractivity contribution in [3.05, 3.63) is 82.0 Å². The van der Waals surface area contributed by atoms with Crippen molar-refractivity contribution in [2.24, 2.45) is 0 Å². The van der Waals surface area contributed by atoms with Crippen LogP contribution in [-0.2, 0) is 19.1 Å². The zero-order valence-corrected chi connectivity index (χ0v) is 21.5. The number of anilines is 2. The summed E-state index contributed by atoms with van der Waals surface area (Å²) in [5, 5.41) is 9.10. The fourth-order valence-corrected chi connectivity index (χ4v) is 5.08. The van der Waals surface area contributed by atoms with E-state index in [0.717, 1.165) is 17.0 Å². The molecule has 0 atom stereocenters. The molecule has 0 saturated heterocycles. The lowest BCUT2D eigenvalue weighted by Crippen LogP contribution is -2.32. The molecule has 4 rings (SSSR count). The molecule has 1 aliphatic rings. The summed E-state index contributed by atoms with van der Waals surface area (Å²) in [6.07, 6.45) is 0. The van der Waals surface area contributed by atoms with E-state index in [9.17, 15) is 9.59 Å². The molecule has 2 aromatic carbocycles. The third-order valence-corrected chi connectivity index (χ3v) is 6.73. The van der Waals surface area contributed by atoms with Crippen LogP contribution in [0.3, 0.4) is 0 Å². The monoisotopic (exact) mass is 505 g/mol. The topological polar surface area (TPSA) is 98.8 Å².